The van der Waals surface area contributed by atoms with Crippen LogP contribution in [0.5, 0.6) is 0 Å². The minimum atomic E-state index is -1.18. The van der Waals surface area contributed by atoms with Gasteiger partial charge in [-0.15, -0.1) is 0 Å². The molecule has 0 aromatic rings. The number of nitrogens with two attached hydrogens (primary N) is 1. The molecule has 0 saturated heterocycles. The molecule has 0 aliphatic rings. The first-order valence-electron chi connectivity index (χ1n) is 8.76. The maximum absolute atomic E-state index is 10.3. The van der Waals surface area contributed by atoms with Crippen molar-refractivity contribution in [3.05, 3.63) is 0 Å². The van der Waals surface area contributed by atoms with Crippen molar-refractivity contribution in [1.29, 1.82) is 0 Å². The van der Waals surface area contributed by atoms with Crippen LogP contribution in [0.1, 0.15) is 84.0 Å². The van der Waals surface area contributed by atoms with E-state index >= 15 is 0 Å². The molecule has 0 fully saturated rings. The third kappa shape index (κ3) is 23.3. The molecule has 138 valence electrons. The van der Waals surface area contributed by atoms with Crippen molar-refractivity contribution in [2.75, 3.05) is 6.61 Å². The second-order valence-electron chi connectivity index (χ2n) is 5.81. The molecule has 0 rings (SSSR count). The highest BCUT2D eigenvalue weighted by molar-refractivity contribution is 5.73. The molecule has 0 saturated carbocycles. The Morgan fingerprint density at radius 1 is 0.826 bits per heavy atom. The largest absolute Gasteiger partial charge is 0.481 e. The van der Waals surface area contributed by atoms with Crippen LogP contribution in [-0.2, 0) is 9.59 Å². The number of carboxylic acid groups (broad SMARTS) is 2. The normalized spacial score (nSPS) is 11.4. The Morgan fingerprint density at radius 3 is 1.48 bits per heavy atom. The van der Waals surface area contributed by atoms with Crippen LogP contribution >= 0.6 is 0 Å². The highest BCUT2D eigenvalue weighted by atomic mass is 16.4. The SMILES string of the molecule is CCCCCCCCCCCCCC(=O)O.NC(CO)C(=O)O. The van der Waals surface area contributed by atoms with Crippen LogP contribution in [0, 0.1) is 0 Å². The lowest BCUT2D eigenvalue weighted by atomic mass is 10.1. The Morgan fingerprint density at radius 2 is 1.22 bits per heavy atom. The van der Waals surface area contributed by atoms with Crippen molar-refractivity contribution in [3.8, 4) is 0 Å². The molecule has 0 radical (unpaired) electrons. The van der Waals surface area contributed by atoms with Gasteiger partial charge in [0.15, 0.2) is 0 Å². The van der Waals surface area contributed by atoms with Crippen LogP contribution in [-0.4, -0.2) is 39.9 Å². The van der Waals surface area contributed by atoms with E-state index < -0.39 is 24.6 Å². The summed E-state index contributed by atoms with van der Waals surface area (Å²) in [7, 11) is 0. The van der Waals surface area contributed by atoms with Crippen molar-refractivity contribution >= 4 is 11.9 Å². The number of carboxylic acids is 2. The van der Waals surface area contributed by atoms with Crippen LogP contribution in [0.15, 0.2) is 0 Å². The summed E-state index contributed by atoms with van der Waals surface area (Å²) in [5, 5.41) is 24.4. The molecule has 1 unspecified atom stereocenters. The van der Waals surface area contributed by atoms with Crippen molar-refractivity contribution < 1.29 is 24.9 Å². The van der Waals surface area contributed by atoms with Crippen LogP contribution in [0.3, 0.4) is 0 Å². The zero-order valence-corrected chi connectivity index (χ0v) is 14.5. The highest BCUT2D eigenvalue weighted by Gasteiger charge is 2.07. The van der Waals surface area contributed by atoms with Crippen molar-refractivity contribution in [2.24, 2.45) is 5.73 Å². The number of carbonyl (C=O) groups is 2. The molecule has 0 bridgehead atoms. The molecule has 0 aliphatic heterocycles. The first-order valence-corrected chi connectivity index (χ1v) is 8.76. The lowest BCUT2D eigenvalue weighted by Crippen LogP contribution is -2.33. The highest BCUT2D eigenvalue weighted by Crippen LogP contribution is 2.11. The summed E-state index contributed by atoms with van der Waals surface area (Å²) >= 11 is 0. The predicted molar refractivity (Wildman–Crippen MR) is 91.4 cm³/mol. The van der Waals surface area contributed by atoms with Gasteiger partial charge in [0.05, 0.1) is 6.61 Å². The number of hydrogen-bond acceptors (Lipinski definition) is 4. The van der Waals surface area contributed by atoms with Crippen molar-refractivity contribution in [2.45, 2.75) is 90.0 Å². The smallest absolute Gasteiger partial charge is 0.322 e. The minimum absolute atomic E-state index is 0.344. The fourth-order valence-corrected chi connectivity index (χ4v) is 2.02. The lowest BCUT2D eigenvalue weighted by molar-refractivity contribution is -0.139. The van der Waals surface area contributed by atoms with E-state index in [-0.39, 0.29) is 0 Å². The quantitative estimate of drug-likeness (QED) is 0.362. The van der Waals surface area contributed by atoms with E-state index in [9.17, 15) is 9.59 Å². The zero-order chi connectivity index (χ0) is 17.9. The van der Waals surface area contributed by atoms with Crippen LogP contribution in [0.25, 0.3) is 0 Å². The van der Waals surface area contributed by atoms with Crippen LogP contribution in [0.4, 0.5) is 0 Å². The van der Waals surface area contributed by atoms with E-state index in [4.69, 9.17) is 21.1 Å². The number of aliphatic hydroxyl groups excluding tert-OH is 1. The molecule has 0 aromatic heterocycles. The van der Waals surface area contributed by atoms with Gasteiger partial charge in [-0.05, 0) is 6.42 Å². The van der Waals surface area contributed by atoms with Crippen LogP contribution in [0.2, 0.25) is 0 Å². The molecule has 0 heterocycles. The minimum Gasteiger partial charge on any atom is -0.481 e. The molecule has 0 aromatic carbocycles. The fourth-order valence-electron chi connectivity index (χ4n) is 2.02. The number of hydrogen-bond donors (Lipinski definition) is 4. The second-order valence-corrected chi connectivity index (χ2v) is 5.81. The van der Waals surface area contributed by atoms with Gasteiger partial charge in [0.1, 0.15) is 6.04 Å². The van der Waals surface area contributed by atoms with Gasteiger partial charge in [0.25, 0.3) is 0 Å². The number of rotatable bonds is 14. The van der Waals surface area contributed by atoms with Gasteiger partial charge >= 0.3 is 11.9 Å². The molecular formula is C17H35NO5. The van der Waals surface area contributed by atoms with Gasteiger partial charge in [0, 0.05) is 6.42 Å². The second kappa shape index (κ2) is 18.9. The van der Waals surface area contributed by atoms with Gasteiger partial charge < -0.3 is 21.1 Å². The third-order valence-electron chi connectivity index (χ3n) is 3.51. The average molecular weight is 333 g/mol. The molecule has 6 heteroatoms. The monoisotopic (exact) mass is 333 g/mol. The molecule has 0 amide bonds. The topological polar surface area (TPSA) is 121 Å². The molecule has 1 atom stereocenters. The number of aliphatic carboxylic acids is 2. The Kier molecular flexibility index (Phi) is 19.8. The molecule has 0 aliphatic carbocycles. The van der Waals surface area contributed by atoms with Gasteiger partial charge in [-0.25, -0.2) is 0 Å². The zero-order valence-electron chi connectivity index (χ0n) is 14.5. The summed E-state index contributed by atoms with van der Waals surface area (Å²) in [6.07, 6.45) is 14.4. The molecule has 5 N–H and O–H groups in total. The van der Waals surface area contributed by atoms with E-state index in [1.165, 1.54) is 57.8 Å². The van der Waals surface area contributed by atoms with Gasteiger partial charge in [0.2, 0.25) is 0 Å². The summed E-state index contributed by atoms with van der Waals surface area (Å²) < 4.78 is 0. The van der Waals surface area contributed by atoms with Gasteiger partial charge in [-0.3, -0.25) is 9.59 Å². The first-order chi connectivity index (χ1) is 11.0. The maximum atomic E-state index is 10.3. The van der Waals surface area contributed by atoms with Crippen LogP contribution < -0.4 is 5.73 Å². The Bertz CT molecular complexity index is 284. The van der Waals surface area contributed by atoms with E-state index in [0.29, 0.717) is 6.42 Å². The Balaban J connectivity index is 0. The van der Waals surface area contributed by atoms with E-state index in [2.05, 4.69) is 6.92 Å². The summed E-state index contributed by atoms with van der Waals surface area (Å²) in [6, 6.07) is -1.13. The Hall–Kier alpha value is -1.14. The van der Waals surface area contributed by atoms with Gasteiger partial charge in [-0.2, -0.15) is 0 Å². The number of aliphatic hydroxyl groups is 1. The van der Waals surface area contributed by atoms with Crippen molar-refractivity contribution in [3.63, 3.8) is 0 Å². The number of unbranched alkanes of at least 4 members (excludes halogenated alkanes) is 10. The van der Waals surface area contributed by atoms with E-state index in [0.717, 1.165) is 12.8 Å². The predicted octanol–water partition coefficient (Wildman–Crippen LogP) is 3.16. The summed E-state index contributed by atoms with van der Waals surface area (Å²) in [5.41, 5.74) is 4.77. The Labute approximate surface area is 140 Å². The standard InChI is InChI=1S/C14H28O2.C3H7NO3/c1-2-3-4-5-6-7-8-9-10-11-12-13-14(15)16;4-2(1-5)3(6)7/h2-13H2,1H3,(H,15,16);2,5H,1,4H2,(H,6,7). The van der Waals surface area contributed by atoms with Crippen molar-refractivity contribution in [1.82, 2.24) is 0 Å². The lowest BCUT2D eigenvalue weighted by Gasteiger charge is -2.01. The maximum Gasteiger partial charge on any atom is 0.322 e. The van der Waals surface area contributed by atoms with E-state index in [1.807, 2.05) is 0 Å². The fraction of sp³-hybridized carbons (Fsp3) is 0.882. The molecule has 0 spiro atoms. The summed E-state index contributed by atoms with van der Waals surface area (Å²) in [4.78, 5) is 19.9. The molecule has 23 heavy (non-hydrogen) atoms. The molecular weight excluding hydrogens is 298 g/mol. The average Bonchev–Trinajstić information content (AvgIpc) is 2.52. The first kappa shape index (κ1) is 24.1. The summed E-state index contributed by atoms with van der Waals surface area (Å²) in [6.45, 7) is 1.74. The van der Waals surface area contributed by atoms with E-state index in [1.54, 1.807) is 0 Å². The van der Waals surface area contributed by atoms with Gasteiger partial charge in [-0.1, -0.05) is 71.1 Å². The third-order valence-corrected chi connectivity index (χ3v) is 3.51. The molecule has 6 nitrogen and oxygen atoms in total. The summed E-state index contributed by atoms with van der Waals surface area (Å²) in [5.74, 6) is -1.83.